The summed E-state index contributed by atoms with van der Waals surface area (Å²) < 4.78 is 0. The Morgan fingerprint density at radius 1 is 1.50 bits per heavy atom. The van der Waals surface area contributed by atoms with Gasteiger partial charge in [-0.1, -0.05) is 6.92 Å². The first kappa shape index (κ1) is 10.3. The number of rotatable bonds is 2. The molecule has 1 saturated carbocycles. The van der Waals surface area contributed by atoms with Gasteiger partial charge in [0.05, 0.1) is 0 Å². The number of hydrogen-bond donors (Lipinski definition) is 0. The number of likely N-dealkylation sites (tertiary alicyclic amines) is 1. The molecule has 2 aliphatic rings. The second-order valence-corrected chi connectivity index (χ2v) is 5.17. The van der Waals surface area contributed by atoms with E-state index in [4.69, 9.17) is 11.6 Å². The maximum atomic E-state index is 12.1. The maximum Gasteiger partial charge on any atom is 0.228 e. The second-order valence-electron chi connectivity index (χ2n) is 4.86. The summed E-state index contributed by atoms with van der Waals surface area (Å²) in [5, 5.41) is 0. The summed E-state index contributed by atoms with van der Waals surface area (Å²) in [7, 11) is 0. The molecule has 0 spiro atoms. The zero-order valence-corrected chi connectivity index (χ0v) is 9.52. The van der Waals surface area contributed by atoms with Gasteiger partial charge in [-0.3, -0.25) is 4.79 Å². The topological polar surface area (TPSA) is 20.3 Å². The molecule has 0 aromatic carbocycles. The molecule has 2 rings (SSSR count). The summed E-state index contributed by atoms with van der Waals surface area (Å²) in [5.74, 6) is 0.949. The van der Waals surface area contributed by atoms with Crippen LogP contribution in [0.4, 0.5) is 0 Å². The predicted octanol–water partition coefficient (Wildman–Crippen LogP) is 2.41. The fourth-order valence-corrected chi connectivity index (χ4v) is 2.50. The molecular weight excluding hydrogens is 198 g/mol. The van der Waals surface area contributed by atoms with Gasteiger partial charge >= 0.3 is 0 Å². The first-order valence-electron chi connectivity index (χ1n) is 5.54. The van der Waals surface area contributed by atoms with Crippen LogP contribution >= 0.6 is 11.6 Å². The lowest BCUT2D eigenvalue weighted by Crippen LogP contribution is -2.47. The number of halogens is 1. The molecule has 1 aliphatic heterocycles. The van der Waals surface area contributed by atoms with Crippen LogP contribution in [-0.2, 0) is 4.79 Å². The van der Waals surface area contributed by atoms with Crippen LogP contribution in [-0.4, -0.2) is 29.3 Å². The lowest BCUT2D eigenvalue weighted by Gasteiger charge is -2.36. The Hall–Kier alpha value is -0.240. The molecule has 2 nitrogen and oxygen atoms in total. The molecule has 80 valence electrons. The summed E-state index contributed by atoms with van der Waals surface area (Å²) in [4.78, 5) is 14.1. The van der Waals surface area contributed by atoms with Gasteiger partial charge in [0.2, 0.25) is 5.91 Å². The summed E-state index contributed by atoms with van der Waals surface area (Å²) in [6.45, 7) is 3.00. The van der Waals surface area contributed by atoms with E-state index < -0.39 is 0 Å². The van der Waals surface area contributed by atoms with Crippen LogP contribution in [0.5, 0.6) is 0 Å². The quantitative estimate of drug-likeness (QED) is 0.648. The number of piperidine rings is 1. The van der Waals surface area contributed by atoms with Crippen LogP contribution in [0.15, 0.2) is 0 Å². The Morgan fingerprint density at radius 2 is 2.21 bits per heavy atom. The summed E-state index contributed by atoms with van der Waals surface area (Å²) in [5.41, 5.74) is -0.0261. The molecule has 1 atom stereocenters. The molecule has 1 unspecified atom stereocenters. The van der Waals surface area contributed by atoms with Gasteiger partial charge in [-0.15, -0.1) is 11.6 Å². The van der Waals surface area contributed by atoms with Crippen molar-refractivity contribution in [3.63, 3.8) is 0 Å². The Bertz CT molecular complexity index is 237. The Balaban J connectivity index is 2.03. The fraction of sp³-hybridized carbons (Fsp3) is 0.909. The first-order chi connectivity index (χ1) is 6.67. The Labute approximate surface area is 90.6 Å². The molecule has 1 saturated heterocycles. The van der Waals surface area contributed by atoms with Crippen LogP contribution < -0.4 is 0 Å². The molecule has 1 aliphatic carbocycles. The minimum atomic E-state index is -0.0261. The highest BCUT2D eigenvalue weighted by molar-refractivity contribution is 6.18. The van der Waals surface area contributed by atoms with Crippen molar-refractivity contribution < 1.29 is 4.79 Å². The van der Waals surface area contributed by atoms with Gasteiger partial charge < -0.3 is 4.90 Å². The van der Waals surface area contributed by atoms with E-state index in [-0.39, 0.29) is 5.41 Å². The standard InChI is InChI=1S/C11H18ClNO/c1-11(5-6-11)10(14)13-7-3-2-4-9(13)8-12/h9H,2-8H2,1H3. The molecule has 3 heteroatoms. The average molecular weight is 216 g/mol. The number of hydrogen-bond acceptors (Lipinski definition) is 1. The zero-order valence-electron chi connectivity index (χ0n) is 8.76. The number of carbonyl (C=O) groups excluding carboxylic acids is 1. The highest BCUT2D eigenvalue weighted by Crippen LogP contribution is 2.47. The summed E-state index contributed by atoms with van der Waals surface area (Å²) in [6, 6.07) is 0.301. The van der Waals surface area contributed by atoms with Crippen molar-refractivity contribution in [1.29, 1.82) is 0 Å². The van der Waals surface area contributed by atoms with Crippen molar-refractivity contribution in [2.45, 2.75) is 45.1 Å². The van der Waals surface area contributed by atoms with Gasteiger partial charge in [0, 0.05) is 23.9 Å². The van der Waals surface area contributed by atoms with Gasteiger partial charge in [-0.05, 0) is 32.1 Å². The zero-order chi connectivity index (χ0) is 10.2. The van der Waals surface area contributed by atoms with Crippen LogP contribution in [0.2, 0.25) is 0 Å². The average Bonchev–Trinajstić information content (AvgIpc) is 2.97. The van der Waals surface area contributed by atoms with Gasteiger partial charge in [-0.25, -0.2) is 0 Å². The Morgan fingerprint density at radius 3 is 2.79 bits per heavy atom. The van der Waals surface area contributed by atoms with Gasteiger partial charge in [-0.2, -0.15) is 0 Å². The van der Waals surface area contributed by atoms with Crippen molar-refractivity contribution in [1.82, 2.24) is 4.90 Å². The maximum absolute atomic E-state index is 12.1. The molecule has 0 N–H and O–H groups in total. The lowest BCUT2D eigenvalue weighted by atomic mass is 10.00. The van der Waals surface area contributed by atoms with Crippen LogP contribution in [0.25, 0.3) is 0 Å². The van der Waals surface area contributed by atoms with Crippen molar-refractivity contribution in [2.75, 3.05) is 12.4 Å². The smallest absolute Gasteiger partial charge is 0.228 e. The van der Waals surface area contributed by atoms with Crippen LogP contribution in [0.3, 0.4) is 0 Å². The molecule has 0 radical (unpaired) electrons. The van der Waals surface area contributed by atoms with E-state index in [2.05, 4.69) is 6.92 Å². The SMILES string of the molecule is CC1(C(=O)N2CCCCC2CCl)CC1. The van der Waals surface area contributed by atoms with E-state index in [1.54, 1.807) is 0 Å². The third-order valence-corrected chi connectivity index (χ3v) is 3.94. The van der Waals surface area contributed by atoms with E-state index in [9.17, 15) is 4.79 Å². The molecule has 14 heavy (non-hydrogen) atoms. The third kappa shape index (κ3) is 1.77. The van der Waals surface area contributed by atoms with Crippen molar-refractivity contribution in [2.24, 2.45) is 5.41 Å². The largest absolute Gasteiger partial charge is 0.338 e. The molecule has 0 bridgehead atoms. The van der Waals surface area contributed by atoms with Gasteiger partial charge in [0.25, 0.3) is 0 Å². The van der Waals surface area contributed by atoms with E-state index in [1.165, 1.54) is 6.42 Å². The summed E-state index contributed by atoms with van der Waals surface area (Å²) in [6.07, 6.45) is 5.59. The molecule has 1 heterocycles. The van der Waals surface area contributed by atoms with E-state index in [1.807, 2.05) is 4.90 Å². The van der Waals surface area contributed by atoms with Crippen LogP contribution in [0.1, 0.15) is 39.0 Å². The first-order valence-corrected chi connectivity index (χ1v) is 6.08. The molecule has 0 aromatic heterocycles. The minimum absolute atomic E-state index is 0.0261. The second kappa shape index (κ2) is 3.73. The van der Waals surface area contributed by atoms with Crippen molar-refractivity contribution >= 4 is 17.5 Å². The highest BCUT2D eigenvalue weighted by Gasteiger charge is 2.48. The van der Waals surface area contributed by atoms with E-state index in [0.717, 1.165) is 32.2 Å². The third-order valence-electron chi connectivity index (χ3n) is 3.58. The number of nitrogens with zero attached hydrogens (tertiary/aromatic N) is 1. The van der Waals surface area contributed by atoms with Crippen molar-refractivity contribution in [3.8, 4) is 0 Å². The Kier molecular flexibility index (Phi) is 2.74. The number of amides is 1. The molecular formula is C11H18ClNO. The lowest BCUT2D eigenvalue weighted by molar-refractivity contribution is -0.139. The molecule has 2 fully saturated rings. The van der Waals surface area contributed by atoms with E-state index in [0.29, 0.717) is 17.8 Å². The number of alkyl halides is 1. The summed E-state index contributed by atoms with van der Waals surface area (Å²) >= 11 is 5.90. The minimum Gasteiger partial charge on any atom is -0.338 e. The van der Waals surface area contributed by atoms with Crippen LogP contribution in [0, 0.1) is 5.41 Å². The van der Waals surface area contributed by atoms with Gasteiger partial charge in [0.15, 0.2) is 0 Å². The fourth-order valence-electron chi connectivity index (χ4n) is 2.18. The predicted molar refractivity (Wildman–Crippen MR) is 57.4 cm³/mol. The monoisotopic (exact) mass is 215 g/mol. The highest BCUT2D eigenvalue weighted by atomic mass is 35.5. The number of carbonyl (C=O) groups is 1. The molecule has 1 amide bonds. The van der Waals surface area contributed by atoms with E-state index >= 15 is 0 Å². The van der Waals surface area contributed by atoms with Gasteiger partial charge in [0.1, 0.15) is 0 Å². The molecule has 0 aromatic rings. The normalized spacial score (nSPS) is 30.1. The van der Waals surface area contributed by atoms with Crippen molar-refractivity contribution in [3.05, 3.63) is 0 Å².